The van der Waals surface area contributed by atoms with Gasteiger partial charge >= 0.3 is 6.18 Å². The number of sulfone groups is 1. The normalized spacial score (nSPS) is 12.5. The second-order valence-electron chi connectivity index (χ2n) is 6.24. The Labute approximate surface area is 170 Å². The Hall–Kier alpha value is -2.99. The maximum absolute atomic E-state index is 12.6. The molecule has 0 aliphatic heterocycles. The van der Waals surface area contributed by atoms with Crippen LogP contribution in [0.2, 0.25) is 0 Å². The van der Waals surface area contributed by atoms with E-state index in [0.29, 0.717) is 23.4 Å². The first kappa shape index (κ1) is 21.7. The number of aromatic nitrogens is 2. The number of rotatable bonds is 5. The second kappa shape index (κ2) is 7.69. The van der Waals surface area contributed by atoms with Gasteiger partial charge in [-0.25, -0.2) is 16.8 Å². The molecule has 0 radical (unpaired) electrons. The number of sulfonamides is 1. The molecule has 30 heavy (non-hydrogen) atoms. The highest BCUT2D eigenvalue weighted by Gasteiger charge is 2.30. The quantitative estimate of drug-likeness (QED) is 0.630. The zero-order valence-corrected chi connectivity index (χ0v) is 16.9. The van der Waals surface area contributed by atoms with Crippen LogP contribution in [-0.2, 0) is 26.0 Å². The molecule has 3 aromatic rings. The number of nitrogens with one attached hydrogen (secondary N) is 1. The van der Waals surface area contributed by atoms with Crippen molar-refractivity contribution in [2.75, 3.05) is 11.0 Å². The molecule has 0 saturated carbocycles. The van der Waals surface area contributed by atoms with Gasteiger partial charge in [0.1, 0.15) is 0 Å². The van der Waals surface area contributed by atoms with Crippen LogP contribution in [0.5, 0.6) is 0 Å². The van der Waals surface area contributed by atoms with Crippen LogP contribution in [0.4, 0.5) is 18.9 Å². The predicted molar refractivity (Wildman–Crippen MR) is 103 cm³/mol. The number of nitrogens with zero attached hydrogens (tertiary/aromatic N) is 2. The molecule has 0 bridgehead atoms. The van der Waals surface area contributed by atoms with Crippen LogP contribution < -0.4 is 4.72 Å². The van der Waals surface area contributed by atoms with Gasteiger partial charge in [-0.3, -0.25) is 4.72 Å². The van der Waals surface area contributed by atoms with E-state index in [2.05, 4.69) is 14.9 Å². The van der Waals surface area contributed by atoms with Crippen molar-refractivity contribution in [2.45, 2.75) is 16.1 Å². The van der Waals surface area contributed by atoms with Gasteiger partial charge in [0.05, 0.1) is 16.2 Å². The molecule has 0 saturated heterocycles. The zero-order valence-electron chi connectivity index (χ0n) is 15.3. The molecule has 0 atom stereocenters. The lowest BCUT2D eigenvalue weighted by molar-refractivity contribution is -0.137. The number of anilines is 1. The van der Waals surface area contributed by atoms with Crippen molar-refractivity contribution in [3.05, 3.63) is 66.2 Å². The summed E-state index contributed by atoms with van der Waals surface area (Å²) < 4.78 is 88.1. The Kier molecular flexibility index (Phi) is 5.56. The first-order valence-electron chi connectivity index (χ1n) is 8.20. The van der Waals surface area contributed by atoms with Gasteiger partial charge in [0.15, 0.2) is 14.9 Å². The highest BCUT2D eigenvalue weighted by molar-refractivity contribution is 7.92. The van der Waals surface area contributed by atoms with Gasteiger partial charge in [0.2, 0.25) is 0 Å². The first-order chi connectivity index (χ1) is 13.9. The maximum Gasteiger partial charge on any atom is 0.416 e. The number of alkyl halides is 3. The highest BCUT2D eigenvalue weighted by Crippen LogP contribution is 2.30. The summed E-state index contributed by atoms with van der Waals surface area (Å²) in [7, 11) is -7.65. The molecule has 0 aliphatic carbocycles. The SMILES string of the molecule is CS(=O)(=O)c1ccc(-c2cccc(NS(=O)(=O)c3ccc(C(F)(F)F)cc3)c2)nn1. The minimum Gasteiger partial charge on any atom is -0.280 e. The van der Waals surface area contributed by atoms with Gasteiger partial charge < -0.3 is 0 Å². The molecular weight excluding hydrogens is 443 g/mol. The molecule has 0 spiro atoms. The number of halogens is 3. The topological polar surface area (TPSA) is 106 Å². The van der Waals surface area contributed by atoms with E-state index in [1.807, 2.05) is 0 Å². The Morgan fingerprint density at radius 2 is 1.53 bits per heavy atom. The summed E-state index contributed by atoms with van der Waals surface area (Å²) in [6.07, 6.45) is -3.58. The van der Waals surface area contributed by atoms with Gasteiger partial charge in [-0.05, 0) is 48.5 Å². The molecule has 3 rings (SSSR count). The maximum atomic E-state index is 12.6. The molecule has 0 amide bonds. The first-order valence-corrected chi connectivity index (χ1v) is 11.6. The summed E-state index contributed by atoms with van der Waals surface area (Å²) in [4.78, 5) is -0.335. The van der Waals surface area contributed by atoms with Crippen molar-refractivity contribution in [2.24, 2.45) is 0 Å². The van der Waals surface area contributed by atoms with E-state index in [1.165, 1.54) is 30.3 Å². The molecule has 7 nitrogen and oxygen atoms in total. The molecule has 0 fully saturated rings. The Balaban J connectivity index is 1.85. The molecule has 1 heterocycles. The third-order valence-electron chi connectivity index (χ3n) is 3.92. The summed E-state index contributed by atoms with van der Waals surface area (Å²) in [5.74, 6) is 0. The van der Waals surface area contributed by atoms with Crippen molar-refractivity contribution >= 4 is 25.5 Å². The number of hydrogen-bond donors (Lipinski definition) is 1. The molecule has 1 aromatic heterocycles. The molecule has 0 unspecified atom stereocenters. The molecule has 0 aliphatic rings. The fourth-order valence-electron chi connectivity index (χ4n) is 2.45. The highest BCUT2D eigenvalue weighted by atomic mass is 32.2. The average Bonchev–Trinajstić information content (AvgIpc) is 2.67. The van der Waals surface area contributed by atoms with E-state index in [-0.39, 0.29) is 15.6 Å². The Bertz CT molecular complexity index is 1270. The second-order valence-corrected chi connectivity index (χ2v) is 9.88. The Morgan fingerprint density at radius 1 is 0.867 bits per heavy atom. The van der Waals surface area contributed by atoms with E-state index in [0.717, 1.165) is 18.4 Å². The lowest BCUT2D eigenvalue weighted by atomic mass is 10.1. The van der Waals surface area contributed by atoms with E-state index < -0.39 is 31.6 Å². The summed E-state index contributed by atoms with van der Waals surface area (Å²) in [5, 5.41) is 7.27. The Morgan fingerprint density at radius 3 is 2.07 bits per heavy atom. The van der Waals surface area contributed by atoms with Gasteiger partial charge in [-0.15, -0.1) is 10.2 Å². The van der Waals surface area contributed by atoms with Crippen LogP contribution in [0.25, 0.3) is 11.3 Å². The van der Waals surface area contributed by atoms with E-state index >= 15 is 0 Å². The lowest BCUT2D eigenvalue weighted by Crippen LogP contribution is -2.13. The van der Waals surface area contributed by atoms with E-state index in [4.69, 9.17) is 0 Å². The van der Waals surface area contributed by atoms with Crippen molar-refractivity contribution in [1.82, 2.24) is 10.2 Å². The van der Waals surface area contributed by atoms with Crippen molar-refractivity contribution < 1.29 is 30.0 Å². The third kappa shape index (κ3) is 4.94. The lowest BCUT2D eigenvalue weighted by Gasteiger charge is -2.11. The van der Waals surface area contributed by atoms with Crippen molar-refractivity contribution in [3.8, 4) is 11.3 Å². The van der Waals surface area contributed by atoms with E-state index in [1.54, 1.807) is 6.07 Å². The number of benzene rings is 2. The minimum atomic E-state index is -4.57. The molecule has 1 N–H and O–H groups in total. The molecule has 158 valence electrons. The fourth-order valence-corrected chi connectivity index (χ4v) is 4.00. The van der Waals surface area contributed by atoms with E-state index in [9.17, 15) is 30.0 Å². The minimum absolute atomic E-state index is 0.140. The monoisotopic (exact) mass is 457 g/mol. The van der Waals surface area contributed by atoms with Gasteiger partial charge in [0, 0.05) is 17.5 Å². The number of hydrogen-bond acceptors (Lipinski definition) is 6. The summed E-state index contributed by atoms with van der Waals surface area (Å²) in [6, 6.07) is 11.8. The predicted octanol–water partition coefficient (Wildman–Crippen LogP) is 3.37. The van der Waals surface area contributed by atoms with Crippen LogP contribution in [0.1, 0.15) is 5.56 Å². The smallest absolute Gasteiger partial charge is 0.280 e. The molecule has 12 heteroatoms. The average molecular weight is 457 g/mol. The summed E-state index contributed by atoms with van der Waals surface area (Å²) in [6.45, 7) is 0. The zero-order chi connectivity index (χ0) is 22.2. The summed E-state index contributed by atoms with van der Waals surface area (Å²) >= 11 is 0. The van der Waals surface area contributed by atoms with Crippen LogP contribution in [0, 0.1) is 0 Å². The third-order valence-corrected chi connectivity index (χ3v) is 6.30. The van der Waals surface area contributed by atoms with Gasteiger partial charge in [0.25, 0.3) is 10.0 Å². The van der Waals surface area contributed by atoms with Crippen LogP contribution in [-0.4, -0.2) is 33.3 Å². The van der Waals surface area contributed by atoms with Crippen LogP contribution in [0.15, 0.2) is 70.6 Å². The van der Waals surface area contributed by atoms with Crippen LogP contribution in [0.3, 0.4) is 0 Å². The van der Waals surface area contributed by atoms with Crippen molar-refractivity contribution in [3.63, 3.8) is 0 Å². The van der Waals surface area contributed by atoms with Crippen molar-refractivity contribution in [1.29, 1.82) is 0 Å². The van der Waals surface area contributed by atoms with Gasteiger partial charge in [-0.2, -0.15) is 13.2 Å². The standard InChI is InChI=1S/C18H14F3N3O4S2/c1-29(25,26)17-10-9-16(22-23-17)12-3-2-4-14(11-12)24-30(27,28)15-7-5-13(6-8-15)18(19,20)21/h2-11,24H,1H3. The fraction of sp³-hybridized carbons (Fsp3) is 0.111. The van der Waals surface area contributed by atoms with Gasteiger partial charge in [-0.1, -0.05) is 12.1 Å². The molecule has 2 aromatic carbocycles. The largest absolute Gasteiger partial charge is 0.416 e. The summed E-state index contributed by atoms with van der Waals surface area (Å²) in [5.41, 5.74) is -0.0610. The van der Waals surface area contributed by atoms with Crippen LogP contribution >= 0.6 is 0 Å². The molecular formula is C18H14F3N3O4S2.